The fraction of sp³-hybridized carbons (Fsp3) is 0.565. The number of alkyl halides is 1. The first-order valence-corrected chi connectivity index (χ1v) is 11.1. The van der Waals surface area contributed by atoms with E-state index in [2.05, 4.69) is 27.4 Å². The van der Waals surface area contributed by atoms with Crippen molar-refractivity contribution in [2.45, 2.75) is 63.6 Å². The molecule has 4 rings (SSSR count). The van der Waals surface area contributed by atoms with E-state index in [4.69, 9.17) is 4.98 Å². The molecule has 166 valence electrons. The molecule has 7 nitrogen and oxygen atoms in total. The molecule has 2 aliphatic rings. The van der Waals surface area contributed by atoms with Crippen LogP contribution in [0.5, 0.6) is 0 Å². The van der Waals surface area contributed by atoms with Gasteiger partial charge in [0.05, 0.1) is 6.42 Å². The summed E-state index contributed by atoms with van der Waals surface area (Å²) in [5, 5.41) is 12.6. The van der Waals surface area contributed by atoms with Crippen LogP contribution in [0.4, 0.5) is 10.2 Å². The number of aromatic nitrogens is 3. The molecule has 8 heteroatoms. The number of nitrogens with one attached hydrogen (secondary N) is 1. The van der Waals surface area contributed by atoms with Crippen LogP contribution in [0.2, 0.25) is 0 Å². The van der Waals surface area contributed by atoms with Gasteiger partial charge in [-0.3, -0.25) is 9.69 Å². The van der Waals surface area contributed by atoms with E-state index in [-0.39, 0.29) is 19.5 Å². The van der Waals surface area contributed by atoms with Crippen LogP contribution in [0.25, 0.3) is 0 Å². The summed E-state index contributed by atoms with van der Waals surface area (Å²) in [6, 6.07) is 3.85. The molecule has 1 atom stereocenters. The number of carboxylic acids is 1. The van der Waals surface area contributed by atoms with E-state index in [9.17, 15) is 9.90 Å². The molecule has 2 aliphatic heterocycles. The molecule has 0 spiro atoms. The van der Waals surface area contributed by atoms with E-state index >= 15 is 4.39 Å². The topological polar surface area (TPSA) is 91.2 Å². The molecule has 2 N–H and O–H groups in total. The Labute approximate surface area is 182 Å². The van der Waals surface area contributed by atoms with Crippen LogP contribution in [0.3, 0.4) is 0 Å². The van der Waals surface area contributed by atoms with E-state index in [0.29, 0.717) is 12.2 Å². The van der Waals surface area contributed by atoms with Crippen LogP contribution in [0.15, 0.2) is 24.5 Å². The van der Waals surface area contributed by atoms with Crippen LogP contribution >= 0.6 is 0 Å². The van der Waals surface area contributed by atoms with Crippen molar-refractivity contribution in [3.8, 4) is 0 Å². The van der Waals surface area contributed by atoms with Crippen LogP contribution in [0.1, 0.15) is 60.8 Å². The number of carbonyl (C=O) groups is 1. The lowest BCUT2D eigenvalue weighted by Crippen LogP contribution is -2.60. The maximum Gasteiger partial charge on any atom is 0.305 e. The Morgan fingerprint density at radius 3 is 2.81 bits per heavy atom. The Morgan fingerprint density at radius 2 is 2.06 bits per heavy atom. The highest BCUT2D eigenvalue weighted by Crippen LogP contribution is 2.38. The van der Waals surface area contributed by atoms with Gasteiger partial charge in [0.25, 0.3) is 0 Å². The molecular formula is C23H30FN5O2. The third kappa shape index (κ3) is 5.36. The number of hydrogen-bond acceptors (Lipinski definition) is 6. The molecule has 31 heavy (non-hydrogen) atoms. The first-order valence-electron chi connectivity index (χ1n) is 11.1. The maximum absolute atomic E-state index is 15.1. The molecule has 0 aromatic carbocycles. The molecule has 0 bridgehead atoms. The van der Waals surface area contributed by atoms with Crippen LogP contribution < -0.4 is 5.32 Å². The molecule has 0 saturated carbocycles. The summed E-state index contributed by atoms with van der Waals surface area (Å²) in [7, 11) is 0. The van der Waals surface area contributed by atoms with Crippen LogP contribution in [-0.4, -0.2) is 56.2 Å². The van der Waals surface area contributed by atoms with Gasteiger partial charge >= 0.3 is 5.97 Å². The fourth-order valence-electron chi connectivity index (χ4n) is 4.51. The predicted molar refractivity (Wildman–Crippen MR) is 116 cm³/mol. The van der Waals surface area contributed by atoms with Gasteiger partial charge in [0.15, 0.2) is 0 Å². The zero-order valence-electron chi connectivity index (χ0n) is 18.0. The summed E-state index contributed by atoms with van der Waals surface area (Å²) in [6.45, 7) is 3.25. The smallest absolute Gasteiger partial charge is 0.305 e. The summed E-state index contributed by atoms with van der Waals surface area (Å²) in [5.41, 5.74) is 1.80. The zero-order chi connectivity index (χ0) is 21.8. The molecule has 2 aromatic heterocycles. The Balaban J connectivity index is 1.26. The van der Waals surface area contributed by atoms with E-state index in [1.165, 1.54) is 5.56 Å². The molecule has 0 aliphatic carbocycles. The SMILES string of the molecule is Cc1ncc([C@H](CC(=O)O)N2CC(F)(CCCCc3ccc4c(n3)NCCC4)C2)cn1. The largest absolute Gasteiger partial charge is 0.481 e. The van der Waals surface area contributed by atoms with Gasteiger partial charge in [0, 0.05) is 49.3 Å². The number of fused-ring (bicyclic) bond motifs is 1. The molecule has 2 aromatic rings. The van der Waals surface area contributed by atoms with Gasteiger partial charge in [0.1, 0.15) is 17.3 Å². The van der Waals surface area contributed by atoms with E-state index in [1.54, 1.807) is 19.3 Å². The standard InChI is InChI=1S/C23H30FN5O2/c1-16-26-12-18(13-27-16)20(11-21(30)31)29-14-23(24,15-29)9-3-2-6-19-8-7-17-5-4-10-25-22(17)28-19/h7-8,12-13,20H,2-6,9-11,14-15H2,1H3,(H,25,28)(H,30,31)/t20-/m0/s1. The minimum absolute atomic E-state index is 0.0828. The van der Waals surface area contributed by atoms with Crippen molar-refractivity contribution in [2.24, 2.45) is 0 Å². The summed E-state index contributed by atoms with van der Waals surface area (Å²) in [4.78, 5) is 26.2. The van der Waals surface area contributed by atoms with Gasteiger partial charge < -0.3 is 10.4 Å². The van der Waals surface area contributed by atoms with Crippen LogP contribution in [0, 0.1) is 6.92 Å². The third-order valence-electron chi connectivity index (χ3n) is 6.23. The number of hydrogen-bond donors (Lipinski definition) is 2. The number of rotatable bonds is 9. The van der Waals surface area contributed by atoms with Crippen molar-refractivity contribution < 1.29 is 14.3 Å². The lowest BCUT2D eigenvalue weighted by Gasteiger charge is -2.48. The Bertz CT molecular complexity index is 915. The quantitative estimate of drug-likeness (QED) is 0.592. The third-order valence-corrected chi connectivity index (χ3v) is 6.23. The molecule has 1 saturated heterocycles. The average Bonchev–Trinajstić information content (AvgIpc) is 2.74. The van der Waals surface area contributed by atoms with E-state index in [0.717, 1.165) is 55.7 Å². The van der Waals surface area contributed by atoms with Gasteiger partial charge in [-0.15, -0.1) is 0 Å². The van der Waals surface area contributed by atoms with E-state index < -0.39 is 17.7 Å². The van der Waals surface area contributed by atoms with Gasteiger partial charge in [-0.1, -0.05) is 6.07 Å². The highest BCUT2D eigenvalue weighted by atomic mass is 19.1. The number of carboxylic acid groups (broad SMARTS) is 1. The number of unbranched alkanes of at least 4 members (excludes halogenated alkanes) is 1. The summed E-state index contributed by atoms with van der Waals surface area (Å²) >= 11 is 0. The number of nitrogens with zero attached hydrogens (tertiary/aromatic N) is 4. The normalized spacial score (nSPS) is 18.5. The Kier molecular flexibility index (Phi) is 6.46. The monoisotopic (exact) mass is 427 g/mol. The summed E-state index contributed by atoms with van der Waals surface area (Å²) in [6.07, 6.45) is 8.44. The number of pyridine rings is 1. The first kappa shape index (κ1) is 21.6. The highest BCUT2D eigenvalue weighted by Gasteiger charge is 2.46. The van der Waals surface area contributed by atoms with Gasteiger partial charge in [-0.25, -0.2) is 19.3 Å². The molecule has 1 fully saturated rings. The second kappa shape index (κ2) is 9.26. The zero-order valence-corrected chi connectivity index (χ0v) is 18.0. The van der Waals surface area contributed by atoms with Crippen molar-refractivity contribution in [3.05, 3.63) is 47.2 Å². The van der Waals surface area contributed by atoms with Crippen molar-refractivity contribution in [2.75, 3.05) is 25.0 Å². The van der Waals surface area contributed by atoms with E-state index in [1.807, 2.05) is 4.90 Å². The fourth-order valence-corrected chi connectivity index (χ4v) is 4.51. The predicted octanol–water partition coefficient (Wildman–Crippen LogP) is 3.49. The second-order valence-electron chi connectivity index (χ2n) is 8.78. The molecule has 0 radical (unpaired) electrons. The lowest BCUT2D eigenvalue weighted by molar-refractivity contribution is -0.141. The van der Waals surface area contributed by atoms with Crippen molar-refractivity contribution >= 4 is 11.8 Å². The number of aliphatic carboxylic acids is 1. The second-order valence-corrected chi connectivity index (χ2v) is 8.78. The molecule has 0 amide bonds. The highest BCUT2D eigenvalue weighted by molar-refractivity contribution is 5.68. The van der Waals surface area contributed by atoms with Crippen molar-refractivity contribution in [1.82, 2.24) is 19.9 Å². The maximum atomic E-state index is 15.1. The Hall–Kier alpha value is -2.61. The first-order chi connectivity index (χ1) is 14.9. The lowest BCUT2D eigenvalue weighted by atomic mass is 9.86. The molecule has 0 unspecified atom stereocenters. The van der Waals surface area contributed by atoms with Crippen LogP contribution in [-0.2, 0) is 17.6 Å². The molecular weight excluding hydrogens is 397 g/mol. The average molecular weight is 428 g/mol. The van der Waals surface area contributed by atoms with Crippen molar-refractivity contribution in [3.63, 3.8) is 0 Å². The number of likely N-dealkylation sites (tertiary alicyclic amines) is 1. The summed E-state index contributed by atoms with van der Waals surface area (Å²) in [5.74, 6) is 0.726. The number of halogens is 1. The van der Waals surface area contributed by atoms with Gasteiger partial charge in [-0.2, -0.15) is 0 Å². The number of aryl methyl sites for hydroxylation is 3. The van der Waals surface area contributed by atoms with Gasteiger partial charge in [-0.05, 0) is 57.1 Å². The van der Waals surface area contributed by atoms with Crippen molar-refractivity contribution in [1.29, 1.82) is 0 Å². The Morgan fingerprint density at radius 1 is 1.29 bits per heavy atom. The molecule has 4 heterocycles. The number of anilines is 1. The minimum atomic E-state index is -1.26. The summed E-state index contributed by atoms with van der Waals surface area (Å²) < 4.78 is 15.1. The van der Waals surface area contributed by atoms with Gasteiger partial charge in [0.2, 0.25) is 0 Å². The minimum Gasteiger partial charge on any atom is -0.481 e.